The van der Waals surface area contributed by atoms with Crippen LogP contribution < -0.4 is 5.32 Å². The van der Waals surface area contributed by atoms with Gasteiger partial charge in [-0.25, -0.2) is 4.98 Å². The summed E-state index contributed by atoms with van der Waals surface area (Å²) in [6.45, 7) is 10.8. The van der Waals surface area contributed by atoms with Gasteiger partial charge in [-0.1, -0.05) is 20.8 Å². The van der Waals surface area contributed by atoms with Gasteiger partial charge in [0.05, 0.1) is 17.8 Å². The maximum Gasteiger partial charge on any atom is 0.115 e. The Bertz CT molecular complexity index is 473. The standard InChI is InChI=1S/C16H28N2OS2/c1-6-13-12(2)21-14(18-13)16(17-8-9-19-5)11-20-10-7-15(16,3)4/h17H,6-11H2,1-5H3. The van der Waals surface area contributed by atoms with E-state index in [1.165, 1.54) is 27.8 Å². The monoisotopic (exact) mass is 328 g/mol. The Hall–Kier alpha value is -0.100. The number of thioether (sulfide) groups is 1. The molecule has 1 aliphatic heterocycles. The van der Waals surface area contributed by atoms with Gasteiger partial charge in [-0.3, -0.25) is 0 Å². The lowest BCUT2D eigenvalue weighted by molar-refractivity contribution is 0.110. The predicted octanol–water partition coefficient (Wildman–Crippen LogP) is 3.61. The van der Waals surface area contributed by atoms with Crippen LogP contribution in [0, 0.1) is 12.3 Å². The van der Waals surface area contributed by atoms with Gasteiger partial charge in [0.15, 0.2) is 0 Å². The van der Waals surface area contributed by atoms with Crippen molar-refractivity contribution in [1.82, 2.24) is 10.3 Å². The number of aromatic nitrogens is 1. The molecule has 0 aromatic carbocycles. The molecule has 1 saturated heterocycles. The number of hydrogen-bond acceptors (Lipinski definition) is 5. The first kappa shape index (κ1) is 17.3. The van der Waals surface area contributed by atoms with Crippen molar-refractivity contribution in [1.29, 1.82) is 0 Å². The van der Waals surface area contributed by atoms with Crippen molar-refractivity contribution in [3.05, 3.63) is 15.6 Å². The highest BCUT2D eigenvalue weighted by Crippen LogP contribution is 2.49. The molecule has 2 rings (SSSR count). The summed E-state index contributed by atoms with van der Waals surface area (Å²) < 4.78 is 5.25. The Morgan fingerprint density at radius 3 is 2.71 bits per heavy atom. The summed E-state index contributed by atoms with van der Waals surface area (Å²) >= 11 is 3.92. The van der Waals surface area contributed by atoms with Crippen molar-refractivity contribution in [2.45, 2.75) is 46.1 Å². The summed E-state index contributed by atoms with van der Waals surface area (Å²) in [5.41, 5.74) is 1.44. The maximum absolute atomic E-state index is 5.25. The third-order valence-corrected chi connectivity index (χ3v) is 6.98. The molecule has 1 unspecified atom stereocenters. The van der Waals surface area contributed by atoms with Gasteiger partial charge in [0.1, 0.15) is 5.01 Å². The highest BCUT2D eigenvalue weighted by molar-refractivity contribution is 7.99. The lowest BCUT2D eigenvalue weighted by Crippen LogP contribution is -2.58. The molecule has 0 radical (unpaired) electrons. The van der Waals surface area contributed by atoms with Crippen molar-refractivity contribution in [2.75, 3.05) is 31.8 Å². The quantitative estimate of drug-likeness (QED) is 0.809. The average molecular weight is 329 g/mol. The van der Waals surface area contributed by atoms with Crippen LogP contribution in [0.1, 0.15) is 42.8 Å². The zero-order valence-corrected chi connectivity index (χ0v) is 15.5. The highest BCUT2D eigenvalue weighted by Gasteiger charge is 2.50. The van der Waals surface area contributed by atoms with Gasteiger partial charge in [0.2, 0.25) is 0 Å². The zero-order chi connectivity index (χ0) is 15.5. The lowest BCUT2D eigenvalue weighted by Gasteiger charge is -2.49. The first-order valence-corrected chi connectivity index (χ1v) is 9.72. The lowest BCUT2D eigenvalue weighted by atomic mass is 9.71. The van der Waals surface area contributed by atoms with E-state index >= 15 is 0 Å². The van der Waals surface area contributed by atoms with Crippen molar-refractivity contribution in [3.63, 3.8) is 0 Å². The topological polar surface area (TPSA) is 34.2 Å². The summed E-state index contributed by atoms with van der Waals surface area (Å²) in [5.74, 6) is 2.34. The van der Waals surface area contributed by atoms with E-state index in [0.29, 0.717) is 0 Å². The van der Waals surface area contributed by atoms with Crippen LogP contribution >= 0.6 is 23.1 Å². The highest BCUT2D eigenvalue weighted by atomic mass is 32.2. The van der Waals surface area contributed by atoms with E-state index in [4.69, 9.17) is 9.72 Å². The van der Waals surface area contributed by atoms with Gasteiger partial charge in [-0.15, -0.1) is 11.3 Å². The Kier molecular flexibility index (Phi) is 5.74. The summed E-state index contributed by atoms with van der Waals surface area (Å²) in [4.78, 5) is 6.37. The van der Waals surface area contributed by atoms with E-state index in [1.54, 1.807) is 7.11 Å². The zero-order valence-electron chi connectivity index (χ0n) is 13.9. The van der Waals surface area contributed by atoms with Crippen LogP contribution in [0.25, 0.3) is 0 Å². The number of methoxy groups -OCH3 is 1. The van der Waals surface area contributed by atoms with Crippen molar-refractivity contribution >= 4 is 23.1 Å². The average Bonchev–Trinajstić information content (AvgIpc) is 2.82. The van der Waals surface area contributed by atoms with E-state index in [0.717, 1.165) is 25.3 Å². The molecule has 1 aliphatic rings. The SMILES string of the molecule is CCc1nc(C2(NCCOC)CSCCC2(C)C)sc1C. The van der Waals surface area contributed by atoms with Gasteiger partial charge >= 0.3 is 0 Å². The molecule has 2 heterocycles. The summed E-state index contributed by atoms with van der Waals surface area (Å²) in [6, 6.07) is 0. The molecule has 0 amide bonds. The molecule has 1 aromatic heterocycles. The number of rotatable bonds is 6. The first-order chi connectivity index (χ1) is 9.97. The van der Waals surface area contributed by atoms with Crippen LogP contribution in [-0.2, 0) is 16.7 Å². The molecular formula is C16H28N2OS2. The van der Waals surface area contributed by atoms with E-state index < -0.39 is 0 Å². The second-order valence-electron chi connectivity index (χ2n) is 6.39. The number of thiazole rings is 1. The van der Waals surface area contributed by atoms with Crippen molar-refractivity contribution in [2.24, 2.45) is 5.41 Å². The van der Waals surface area contributed by atoms with Crippen LogP contribution in [0.4, 0.5) is 0 Å². The largest absolute Gasteiger partial charge is 0.383 e. The molecule has 1 N–H and O–H groups in total. The minimum absolute atomic E-state index is 0.0305. The van der Waals surface area contributed by atoms with Crippen LogP contribution in [-0.4, -0.2) is 36.8 Å². The minimum Gasteiger partial charge on any atom is -0.383 e. The fourth-order valence-electron chi connectivity index (χ4n) is 2.98. The Morgan fingerprint density at radius 1 is 1.38 bits per heavy atom. The van der Waals surface area contributed by atoms with E-state index in [2.05, 4.69) is 33.0 Å². The number of nitrogens with one attached hydrogen (secondary N) is 1. The molecule has 3 nitrogen and oxygen atoms in total. The molecule has 0 bridgehead atoms. The summed E-state index contributed by atoms with van der Waals surface area (Å²) in [7, 11) is 1.76. The molecule has 1 aromatic rings. The molecule has 0 spiro atoms. The molecule has 21 heavy (non-hydrogen) atoms. The number of aryl methyl sites for hydroxylation is 2. The number of hydrogen-bond donors (Lipinski definition) is 1. The predicted molar refractivity (Wildman–Crippen MR) is 93.5 cm³/mol. The normalized spacial score (nSPS) is 25.2. The molecule has 120 valence electrons. The van der Waals surface area contributed by atoms with Crippen LogP contribution in [0.15, 0.2) is 0 Å². The summed E-state index contributed by atoms with van der Waals surface area (Å²) in [6.07, 6.45) is 2.24. The molecule has 0 aliphatic carbocycles. The van der Waals surface area contributed by atoms with E-state index in [-0.39, 0.29) is 11.0 Å². The Labute approximate surface area is 137 Å². The maximum atomic E-state index is 5.25. The minimum atomic E-state index is -0.0305. The molecule has 0 saturated carbocycles. The second kappa shape index (κ2) is 6.99. The second-order valence-corrected chi connectivity index (χ2v) is 8.70. The fraction of sp³-hybridized carbons (Fsp3) is 0.812. The van der Waals surface area contributed by atoms with Gasteiger partial charge in [-0.2, -0.15) is 11.8 Å². The third-order valence-electron chi connectivity index (χ3n) is 4.67. The van der Waals surface area contributed by atoms with E-state index in [1.807, 2.05) is 23.1 Å². The molecular weight excluding hydrogens is 300 g/mol. The number of ether oxygens (including phenoxy) is 1. The van der Waals surface area contributed by atoms with Crippen LogP contribution in [0.2, 0.25) is 0 Å². The van der Waals surface area contributed by atoms with Crippen LogP contribution in [0.5, 0.6) is 0 Å². The third kappa shape index (κ3) is 3.31. The molecule has 5 heteroatoms. The van der Waals surface area contributed by atoms with Crippen molar-refractivity contribution < 1.29 is 4.74 Å². The van der Waals surface area contributed by atoms with E-state index in [9.17, 15) is 0 Å². The Morgan fingerprint density at radius 2 is 2.14 bits per heavy atom. The van der Waals surface area contributed by atoms with Gasteiger partial charge < -0.3 is 10.1 Å². The molecule has 1 atom stereocenters. The summed E-state index contributed by atoms with van der Waals surface area (Å²) in [5, 5.41) is 5.08. The van der Waals surface area contributed by atoms with Gasteiger partial charge in [0.25, 0.3) is 0 Å². The van der Waals surface area contributed by atoms with Crippen molar-refractivity contribution in [3.8, 4) is 0 Å². The fourth-order valence-corrected chi connectivity index (χ4v) is 6.16. The Balaban J connectivity index is 2.38. The molecule has 1 fully saturated rings. The smallest absolute Gasteiger partial charge is 0.115 e. The van der Waals surface area contributed by atoms with Gasteiger partial charge in [0, 0.05) is 24.3 Å². The van der Waals surface area contributed by atoms with Crippen LogP contribution in [0.3, 0.4) is 0 Å². The number of nitrogens with zero attached hydrogens (tertiary/aromatic N) is 1. The first-order valence-electron chi connectivity index (χ1n) is 7.75. The van der Waals surface area contributed by atoms with Gasteiger partial charge in [-0.05, 0) is 30.9 Å².